The maximum absolute atomic E-state index is 11.0. The highest BCUT2D eigenvalue weighted by molar-refractivity contribution is 5.78. The number of rotatable bonds is 6. The fourth-order valence-corrected chi connectivity index (χ4v) is 4.69. The summed E-state index contributed by atoms with van der Waals surface area (Å²) < 4.78 is 10.8. The molecule has 6 nitrogen and oxygen atoms in total. The molecule has 0 N–H and O–H groups in total. The molecule has 2 heterocycles. The first kappa shape index (κ1) is 20.9. The van der Waals surface area contributed by atoms with Gasteiger partial charge in [0, 0.05) is 23.1 Å². The van der Waals surface area contributed by atoms with E-state index >= 15 is 0 Å². The van der Waals surface area contributed by atoms with Gasteiger partial charge in [-0.1, -0.05) is 60.7 Å². The molecule has 35 heavy (non-hydrogen) atoms. The average Bonchev–Trinajstić information content (AvgIpc) is 3.47. The number of hydrogen-bond acceptors (Lipinski definition) is 3. The van der Waals surface area contributed by atoms with Crippen LogP contribution in [0.1, 0.15) is 22.9 Å². The van der Waals surface area contributed by atoms with Crippen LogP contribution >= 0.6 is 0 Å². The summed E-state index contributed by atoms with van der Waals surface area (Å²) >= 11 is 0. The van der Waals surface area contributed by atoms with Crippen LogP contribution in [0.3, 0.4) is 0 Å². The maximum atomic E-state index is 11.0. The SMILES string of the molecule is O=[N+]([O-])c1ccc(C[n+]2cn(C(c3ccccc3)c3cc4ccccc4o3)c3ccccc32)cc1. The van der Waals surface area contributed by atoms with E-state index in [1.54, 1.807) is 12.1 Å². The van der Waals surface area contributed by atoms with E-state index in [2.05, 4.69) is 51.9 Å². The van der Waals surface area contributed by atoms with E-state index in [-0.39, 0.29) is 16.7 Å². The number of imidazole rings is 1. The van der Waals surface area contributed by atoms with Gasteiger partial charge in [0.05, 0.1) is 4.92 Å². The number of hydrogen-bond donors (Lipinski definition) is 0. The van der Waals surface area contributed by atoms with Crippen LogP contribution in [0.2, 0.25) is 0 Å². The molecule has 0 aliphatic carbocycles. The van der Waals surface area contributed by atoms with Crippen LogP contribution in [0.4, 0.5) is 5.69 Å². The van der Waals surface area contributed by atoms with Crippen molar-refractivity contribution in [3.8, 4) is 0 Å². The van der Waals surface area contributed by atoms with E-state index < -0.39 is 0 Å². The first-order valence-corrected chi connectivity index (χ1v) is 11.4. The summed E-state index contributed by atoms with van der Waals surface area (Å²) in [5.41, 5.74) is 5.21. The molecule has 0 amide bonds. The monoisotopic (exact) mass is 460 g/mol. The predicted octanol–water partition coefficient (Wildman–Crippen LogP) is 6.27. The van der Waals surface area contributed by atoms with Crippen molar-refractivity contribution in [1.29, 1.82) is 0 Å². The van der Waals surface area contributed by atoms with E-state index in [0.29, 0.717) is 6.54 Å². The molecular weight excluding hydrogens is 438 g/mol. The van der Waals surface area contributed by atoms with Gasteiger partial charge in [0.2, 0.25) is 6.33 Å². The van der Waals surface area contributed by atoms with Gasteiger partial charge in [0.1, 0.15) is 12.1 Å². The molecule has 6 heteroatoms. The Bertz CT molecular complexity index is 1620. The standard InChI is InChI=1S/C29H22N3O3/c33-32(34)24-16-14-21(15-17-24)19-30-20-31(26-12-6-5-11-25(26)30)29(22-8-2-1-3-9-22)28-18-23-10-4-7-13-27(23)35-28/h1-18,20,29H,19H2/q+1. The summed E-state index contributed by atoms with van der Waals surface area (Å²) in [4.78, 5) is 10.7. The highest BCUT2D eigenvalue weighted by Crippen LogP contribution is 2.33. The first-order valence-electron chi connectivity index (χ1n) is 11.4. The molecule has 0 saturated carbocycles. The zero-order chi connectivity index (χ0) is 23.8. The Kier molecular flexibility index (Phi) is 5.11. The summed E-state index contributed by atoms with van der Waals surface area (Å²) in [6.45, 7) is 0.590. The molecule has 0 fully saturated rings. The number of fused-ring (bicyclic) bond motifs is 2. The number of nitro groups is 1. The van der Waals surface area contributed by atoms with Crippen LogP contribution in [-0.2, 0) is 6.54 Å². The van der Waals surface area contributed by atoms with Crippen LogP contribution in [0.15, 0.2) is 120 Å². The van der Waals surface area contributed by atoms with Gasteiger partial charge >= 0.3 is 0 Å². The Hall–Kier alpha value is -4.71. The number of aromatic nitrogens is 2. The van der Waals surface area contributed by atoms with Crippen molar-refractivity contribution in [2.24, 2.45) is 0 Å². The minimum Gasteiger partial charge on any atom is -0.456 e. The number of furan rings is 1. The van der Waals surface area contributed by atoms with E-state index in [9.17, 15) is 10.1 Å². The lowest BCUT2D eigenvalue weighted by Crippen LogP contribution is -2.33. The largest absolute Gasteiger partial charge is 0.456 e. The van der Waals surface area contributed by atoms with E-state index in [1.807, 2.05) is 60.7 Å². The van der Waals surface area contributed by atoms with Crippen molar-refractivity contribution >= 4 is 27.7 Å². The number of non-ortho nitro benzene ring substituents is 1. The van der Waals surface area contributed by atoms with Crippen molar-refractivity contribution in [3.05, 3.63) is 143 Å². The van der Waals surface area contributed by atoms with Gasteiger partial charge in [-0.25, -0.2) is 9.13 Å². The molecule has 2 aromatic heterocycles. The van der Waals surface area contributed by atoms with Gasteiger partial charge in [0.25, 0.3) is 5.69 Å². The second kappa shape index (κ2) is 8.57. The zero-order valence-corrected chi connectivity index (χ0v) is 18.8. The molecule has 0 saturated heterocycles. The molecule has 4 aromatic carbocycles. The quantitative estimate of drug-likeness (QED) is 0.167. The third-order valence-electron chi connectivity index (χ3n) is 6.34. The first-order chi connectivity index (χ1) is 17.2. The van der Waals surface area contributed by atoms with Crippen molar-refractivity contribution < 1.29 is 13.9 Å². The number of nitro benzene ring substituents is 1. The third-order valence-corrected chi connectivity index (χ3v) is 6.34. The van der Waals surface area contributed by atoms with Gasteiger partial charge in [-0.2, -0.15) is 0 Å². The fourth-order valence-electron chi connectivity index (χ4n) is 4.69. The maximum Gasteiger partial charge on any atom is 0.269 e. The summed E-state index contributed by atoms with van der Waals surface area (Å²) in [6, 6.07) is 35.3. The van der Waals surface area contributed by atoms with Crippen molar-refractivity contribution in [2.45, 2.75) is 12.6 Å². The lowest BCUT2D eigenvalue weighted by atomic mass is 10.0. The fraction of sp³-hybridized carbons (Fsp3) is 0.0690. The molecule has 170 valence electrons. The molecule has 1 atom stereocenters. The Balaban J connectivity index is 1.50. The summed E-state index contributed by atoms with van der Waals surface area (Å²) in [7, 11) is 0. The van der Waals surface area contributed by atoms with Crippen LogP contribution in [0.25, 0.3) is 22.0 Å². The van der Waals surface area contributed by atoms with E-state index in [1.165, 1.54) is 0 Å². The van der Waals surface area contributed by atoms with Crippen LogP contribution < -0.4 is 4.57 Å². The molecule has 1 unspecified atom stereocenters. The van der Waals surface area contributed by atoms with Gasteiger partial charge < -0.3 is 4.42 Å². The molecule has 6 rings (SSSR count). The number of para-hydroxylation sites is 3. The topological polar surface area (TPSA) is 65.1 Å². The second-order valence-corrected chi connectivity index (χ2v) is 8.56. The van der Waals surface area contributed by atoms with E-state index in [0.717, 1.165) is 38.9 Å². The molecule has 0 radical (unpaired) electrons. The molecule has 0 aliphatic heterocycles. The molecular formula is C29H22N3O3+. The van der Waals surface area contributed by atoms with Crippen molar-refractivity contribution in [3.63, 3.8) is 0 Å². The minimum absolute atomic E-state index is 0.0928. The highest BCUT2D eigenvalue weighted by Gasteiger charge is 2.29. The van der Waals surface area contributed by atoms with E-state index in [4.69, 9.17) is 4.42 Å². The van der Waals surface area contributed by atoms with Gasteiger partial charge in [-0.05, 0) is 42.0 Å². The van der Waals surface area contributed by atoms with Gasteiger partial charge in [-0.3, -0.25) is 10.1 Å². The Morgan fingerprint density at radius 3 is 2.34 bits per heavy atom. The predicted molar refractivity (Wildman–Crippen MR) is 134 cm³/mol. The zero-order valence-electron chi connectivity index (χ0n) is 18.8. The second-order valence-electron chi connectivity index (χ2n) is 8.56. The van der Waals surface area contributed by atoms with Crippen LogP contribution in [0.5, 0.6) is 0 Å². The van der Waals surface area contributed by atoms with Gasteiger partial charge in [-0.15, -0.1) is 0 Å². The molecule has 0 bridgehead atoms. The van der Waals surface area contributed by atoms with Crippen LogP contribution in [-0.4, -0.2) is 9.49 Å². The average molecular weight is 461 g/mol. The van der Waals surface area contributed by atoms with Crippen molar-refractivity contribution in [1.82, 2.24) is 4.57 Å². The third kappa shape index (κ3) is 3.85. The molecule has 0 spiro atoms. The lowest BCUT2D eigenvalue weighted by Gasteiger charge is -2.12. The Labute approximate surface area is 201 Å². The summed E-state index contributed by atoms with van der Waals surface area (Å²) in [5.74, 6) is 0.862. The molecule has 0 aliphatic rings. The Morgan fingerprint density at radius 1 is 0.857 bits per heavy atom. The van der Waals surface area contributed by atoms with Crippen LogP contribution in [0, 0.1) is 10.1 Å². The van der Waals surface area contributed by atoms with Gasteiger partial charge in [0.15, 0.2) is 22.8 Å². The highest BCUT2D eigenvalue weighted by atomic mass is 16.6. The molecule has 6 aromatic rings. The van der Waals surface area contributed by atoms with Crippen molar-refractivity contribution in [2.75, 3.05) is 0 Å². The summed E-state index contributed by atoms with van der Waals surface area (Å²) in [6.07, 6.45) is 2.11. The Morgan fingerprint density at radius 2 is 1.57 bits per heavy atom. The smallest absolute Gasteiger partial charge is 0.269 e. The number of nitrogens with zero attached hydrogens (tertiary/aromatic N) is 3. The normalized spacial score (nSPS) is 12.2. The number of benzene rings is 4. The summed E-state index contributed by atoms with van der Waals surface area (Å²) in [5, 5.41) is 12.1. The lowest BCUT2D eigenvalue weighted by molar-refractivity contribution is -0.663. The minimum atomic E-state index is -0.374.